The molecule has 6 rings (SSSR count). The van der Waals surface area contributed by atoms with Gasteiger partial charge in [-0.3, -0.25) is 29.4 Å². The van der Waals surface area contributed by atoms with Crippen molar-refractivity contribution in [3.8, 4) is 33.8 Å². The standard InChI is InChI=1S/C20H21F2N3O5S.C20H22FN3O5S/c1-20(19(26)24-27,31(3,28)29)6-7-25-11-12-8-15(17(22)10-18(12)23-25)14-5-4-13(30-2)9-16(14)21;1-20(19(25)23-26,30(3,27)28)10-11-24-12-16-17(22-24)9-8-15(18(16)21)13-4-6-14(29-2)7-5-13/h4-5,8-11,27H,6-7H2,1-3H3,(H,24,26);4-9,12,26H,10-11H2,1-3H3,(H,23,25)/t2*20-/m11/s1. The number of nitrogens with one attached hydrogen (secondary N) is 2. The van der Waals surface area contributed by atoms with Crippen LogP contribution >= 0.6 is 0 Å². The van der Waals surface area contributed by atoms with E-state index in [1.807, 2.05) is 0 Å². The number of amides is 2. The van der Waals surface area contributed by atoms with Gasteiger partial charge in [0.15, 0.2) is 29.2 Å². The Morgan fingerprint density at radius 3 is 1.67 bits per heavy atom. The van der Waals surface area contributed by atoms with Crippen LogP contribution in [0.25, 0.3) is 44.1 Å². The van der Waals surface area contributed by atoms with Gasteiger partial charge < -0.3 is 9.47 Å². The van der Waals surface area contributed by atoms with E-state index in [-0.39, 0.29) is 48.0 Å². The van der Waals surface area contributed by atoms with Gasteiger partial charge in [-0.15, -0.1) is 0 Å². The molecular weight excluding hydrogens is 846 g/mol. The molecular formula is C40H43F3N6O10S2. The summed E-state index contributed by atoms with van der Waals surface area (Å²) in [7, 11) is -4.74. The molecule has 326 valence electrons. The third kappa shape index (κ3) is 9.48. The van der Waals surface area contributed by atoms with E-state index in [2.05, 4.69) is 10.2 Å². The Morgan fingerprint density at radius 1 is 0.672 bits per heavy atom. The summed E-state index contributed by atoms with van der Waals surface area (Å²) in [6.07, 6.45) is 4.49. The number of carbonyl (C=O) groups excluding carboxylic acids is 2. The Hall–Kier alpha value is -6.03. The van der Waals surface area contributed by atoms with Crippen LogP contribution in [-0.2, 0) is 42.4 Å². The Morgan fingerprint density at radius 2 is 1.16 bits per heavy atom. The number of benzene rings is 4. The number of aromatic nitrogens is 4. The van der Waals surface area contributed by atoms with Crippen molar-refractivity contribution in [2.24, 2.45) is 0 Å². The highest BCUT2D eigenvalue weighted by Gasteiger charge is 2.44. The lowest BCUT2D eigenvalue weighted by Gasteiger charge is -2.24. The molecule has 2 heterocycles. The molecule has 16 nitrogen and oxygen atoms in total. The van der Waals surface area contributed by atoms with Gasteiger partial charge >= 0.3 is 0 Å². The van der Waals surface area contributed by atoms with Crippen molar-refractivity contribution in [1.29, 1.82) is 0 Å². The summed E-state index contributed by atoms with van der Waals surface area (Å²) in [6.45, 7) is 2.45. The molecule has 4 N–H and O–H groups in total. The van der Waals surface area contributed by atoms with Crippen LogP contribution in [0.5, 0.6) is 11.5 Å². The third-order valence-electron chi connectivity index (χ3n) is 10.6. The summed E-state index contributed by atoms with van der Waals surface area (Å²) in [5, 5.41) is 27.1. The van der Waals surface area contributed by atoms with Crippen molar-refractivity contribution in [2.75, 3.05) is 26.7 Å². The van der Waals surface area contributed by atoms with Crippen LogP contribution in [0.1, 0.15) is 26.7 Å². The lowest BCUT2D eigenvalue weighted by atomic mass is 10.0. The number of carbonyl (C=O) groups is 2. The number of sulfone groups is 2. The average Bonchev–Trinajstić information content (AvgIpc) is 3.84. The maximum atomic E-state index is 15.1. The van der Waals surface area contributed by atoms with E-state index in [0.29, 0.717) is 33.5 Å². The highest BCUT2D eigenvalue weighted by atomic mass is 32.2. The molecule has 2 amide bonds. The van der Waals surface area contributed by atoms with Crippen molar-refractivity contribution in [2.45, 2.75) is 49.3 Å². The lowest BCUT2D eigenvalue weighted by molar-refractivity contribution is -0.132. The molecule has 0 spiro atoms. The second kappa shape index (κ2) is 17.9. The number of rotatable bonds is 14. The Bertz CT molecular complexity index is 2840. The van der Waals surface area contributed by atoms with E-state index < -0.39 is 58.4 Å². The Kier molecular flexibility index (Phi) is 13.5. The zero-order chi connectivity index (χ0) is 45.1. The lowest BCUT2D eigenvalue weighted by Crippen LogP contribution is -2.49. The fourth-order valence-corrected chi connectivity index (χ4v) is 7.99. The van der Waals surface area contributed by atoms with E-state index in [9.17, 15) is 35.2 Å². The summed E-state index contributed by atoms with van der Waals surface area (Å²) in [5.74, 6) is -2.91. The number of ether oxygens (including phenoxy) is 2. The number of hydroxylamine groups is 2. The van der Waals surface area contributed by atoms with Crippen molar-refractivity contribution in [3.63, 3.8) is 0 Å². The van der Waals surface area contributed by atoms with Gasteiger partial charge in [0, 0.05) is 72.2 Å². The normalized spacial score (nSPS) is 13.8. The molecule has 0 saturated carbocycles. The molecule has 21 heteroatoms. The van der Waals surface area contributed by atoms with Gasteiger partial charge in [-0.25, -0.2) is 41.0 Å². The first-order valence-corrected chi connectivity index (χ1v) is 22.0. The van der Waals surface area contributed by atoms with Gasteiger partial charge in [-0.2, -0.15) is 10.2 Å². The minimum Gasteiger partial charge on any atom is -0.497 e. The van der Waals surface area contributed by atoms with E-state index in [0.717, 1.165) is 24.6 Å². The summed E-state index contributed by atoms with van der Waals surface area (Å²) in [5.41, 5.74) is 4.62. The summed E-state index contributed by atoms with van der Waals surface area (Å²) in [6, 6.07) is 16.9. The van der Waals surface area contributed by atoms with Crippen LogP contribution in [0, 0.1) is 17.5 Å². The minimum atomic E-state index is -3.86. The molecule has 2 atom stereocenters. The van der Waals surface area contributed by atoms with Crippen LogP contribution in [0.2, 0.25) is 0 Å². The summed E-state index contributed by atoms with van der Waals surface area (Å²) in [4.78, 5) is 23.9. The highest BCUT2D eigenvalue weighted by molar-refractivity contribution is 7.93. The topological polar surface area (TPSA) is 221 Å². The van der Waals surface area contributed by atoms with Gasteiger partial charge in [0.25, 0.3) is 11.8 Å². The van der Waals surface area contributed by atoms with Gasteiger partial charge in [0.1, 0.15) is 29.0 Å². The van der Waals surface area contributed by atoms with Crippen LogP contribution in [0.4, 0.5) is 13.2 Å². The fourth-order valence-electron chi connectivity index (χ4n) is 6.30. The number of aryl methyl sites for hydroxylation is 2. The highest BCUT2D eigenvalue weighted by Crippen LogP contribution is 2.33. The zero-order valence-electron chi connectivity index (χ0n) is 33.7. The molecule has 2 aromatic heterocycles. The minimum absolute atomic E-state index is 0.000477. The van der Waals surface area contributed by atoms with Crippen LogP contribution in [-0.4, -0.2) is 94.9 Å². The fraction of sp³-hybridized carbons (Fsp3) is 0.300. The van der Waals surface area contributed by atoms with E-state index in [4.69, 9.17) is 19.9 Å². The molecule has 0 bridgehead atoms. The molecule has 4 aromatic carbocycles. The van der Waals surface area contributed by atoms with Crippen molar-refractivity contribution in [1.82, 2.24) is 30.5 Å². The predicted molar refractivity (Wildman–Crippen MR) is 219 cm³/mol. The molecule has 0 radical (unpaired) electrons. The van der Waals surface area contributed by atoms with E-state index in [1.54, 1.807) is 49.7 Å². The number of hydrogen-bond donors (Lipinski definition) is 4. The summed E-state index contributed by atoms with van der Waals surface area (Å²) >= 11 is 0. The van der Waals surface area contributed by atoms with Gasteiger partial charge in [-0.05, 0) is 74.7 Å². The number of halogens is 3. The quantitative estimate of drug-likeness (QED) is 0.0815. The van der Waals surface area contributed by atoms with E-state index in [1.165, 1.54) is 65.7 Å². The second-order valence-electron chi connectivity index (χ2n) is 14.5. The molecule has 61 heavy (non-hydrogen) atoms. The molecule has 0 fully saturated rings. The first-order chi connectivity index (χ1) is 28.6. The zero-order valence-corrected chi connectivity index (χ0v) is 35.4. The Labute approximate surface area is 348 Å². The van der Waals surface area contributed by atoms with Crippen LogP contribution < -0.4 is 20.4 Å². The molecule has 0 aliphatic carbocycles. The van der Waals surface area contributed by atoms with Crippen LogP contribution in [0.15, 0.2) is 79.1 Å². The third-order valence-corrected chi connectivity index (χ3v) is 14.7. The number of methoxy groups -OCH3 is 2. The molecule has 0 aliphatic heterocycles. The van der Waals surface area contributed by atoms with Gasteiger partial charge in [0.2, 0.25) is 0 Å². The molecule has 0 aliphatic rings. The number of nitrogens with zero attached hydrogens (tertiary/aromatic N) is 4. The van der Waals surface area contributed by atoms with Crippen molar-refractivity contribution in [3.05, 3.63) is 96.6 Å². The summed E-state index contributed by atoms with van der Waals surface area (Å²) < 4.78 is 102. The number of hydrogen-bond acceptors (Lipinski definition) is 12. The van der Waals surface area contributed by atoms with Gasteiger partial charge in [0.05, 0.1) is 30.6 Å². The van der Waals surface area contributed by atoms with Gasteiger partial charge in [-0.1, -0.05) is 12.1 Å². The maximum Gasteiger partial charge on any atom is 0.264 e. The second-order valence-corrected chi connectivity index (χ2v) is 19.4. The maximum absolute atomic E-state index is 15.1. The largest absolute Gasteiger partial charge is 0.497 e. The first-order valence-electron chi connectivity index (χ1n) is 18.2. The average molecular weight is 889 g/mol. The smallest absolute Gasteiger partial charge is 0.264 e. The van der Waals surface area contributed by atoms with E-state index >= 15 is 4.39 Å². The van der Waals surface area contributed by atoms with Crippen molar-refractivity contribution >= 4 is 53.3 Å². The molecule has 0 saturated heterocycles. The monoisotopic (exact) mass is 888 g/mol. The predicted octanol–water partition coefficient (Wildman–Crippen LogP) is 5.24. The van der Waals surface area contributed by atoms with Crippen molar-refractivity contribution < 1.29 is 59.5 Å². The SMILES string of the molecule is COc1ccc(-c2cc3cn(CC[C@](C)(C(=O)NO)S(C)(=O)=O)nc3cc2F)c(F)c1.COc1ccc(-c2ccc3nn(CC[C@](C)(C(=O)NO)S(C)(=O)=O)cc3c2F)cc1. The Balaban J connectivity index is 0.000000231. The number of fused-ring (bicyclic) bond motifs is 2. The van der Waals surface area contributed by atoms with Crippen LogP contribution in [0.3, 0.4) is 0 Å². The molecule has 0 unspecified atom stereocenters. The molecule has 6 aromatic rings. The first kappa shape index (κ1) is 46.0.